The van der Waals surface area contributed by atoms with Gasteiger partial charge in [-0.2, -0.15) is 0 Å². The molecule has 4 rings (SSSR count). The molecule has 27 heavy (non-hydrogen) atoms. The van der Waals surface area contributed by atoms with Crippen molar-refractivity contribution in [3.05, 3.63) is 60.9 Å². The monoisotopic (exact) mass is 361 g/mol. The van der Waals surface area contributed by atoms with Crippen molar-refractivity contribution in [2.24, 2.45) is 0 Å². The Balaban J connectivity index is 1.57. The van der Waals surface area contributed by atoms with E-state index in [1.165, 1.54) is 6.33 Å². The van der Waals surface area contributed by atoms with Crippen LogP contribution in [-0.2, 0) is 0 Å². The first-order chi connectivity index (χ1) is 13.3. The number of piperazine rings is 1. The molecule has 3 aromatic heterocycles. The van der Waals surface area contributed by atoms with Crippen molar-refractivity contribution in [1.29, 1.82) is 0 Å². The molecule has 0 aromatic carbocycles. The molecule has 8 heteroatoms. The Bertz CT molecular complexity index is 926. The van der Waals surface area contributed by atoms with Gasteiger partial charge in [0.1, 0.15) is 12.0 Å². The summed E-state index contributed by atoms with van der Waals surface area (Å²) in [6, 6.07) is 8.97. The maximum atomic E-state index is 12.8. The van der Waals surface area contributed by atoms with Gasteiger partial charge in [-0.05, 0) is 24.3 Å². The molecule has 136 valence electrons. The summed E-state index contributed by atoms with van der Waals surface area (Å²) in [5.41, 5.74) is 3.26. The Morgan fingerprint density at radius 3 is 2.70 bits per heavy atom. The highest BCUT2D eigenvalue weighted by molar-refractivity contribution is 6.04. The van der Waals surface area contributed by atoms with Crippen LogP contribution in [0.25, 0.3) is 11.4 Å². The lowest BCUT2D eigenvalue weighted by Crippen LogP contribution is -2.43. The van der Waals surface area contributed by atoms with Gasteiger partial charge in [0.05, 0.1) is 29.0 Å². The number of carbonyl (C=O) groups excluding carboxylic acids is 1. The van der Waals surface area contributed by atoms with E-state index in [1.54, 1.807) is 36.8 Å². The summed E-state index contributed by atoms with van der Waals surface area (Å²) >= 11 is 0. The molecule has 1 fully saturated rings. The van der Waals surface area contributed by atoms with Gasteiger partial charge < -0.3 is 15.5 Å². The molecule has 8 nitrogen and oxygen atoms in total. The molecule has 1 amide bonds. The molecule has 3 aromatic rings. The Labute approximate surface area is 156 Å². The molecule has 1 aliphatic heterocycles. The predicted molar refractivity (Wildman–Crippen MR) is 103 cm³/mol. The highest BCUT2D eigenvalue weighted by Gasteiger charge is 2.17. The summed E-state index contributed by atoms with van der Waals surface area (Å²) in [6.45, 7) is 3.60. The first-order valence-corrected chi connectivity index (χ1v) is 8.76. The molecule has 0 aliphatic carbocycles. The van der Waals surface area contributed by atoms with Crippen molar-refractivity contribution in [2.45, 2.75) is 0 Å². The number of aromatic nitrogens is 4. The minimum Gasteiger partial charge on any atom is -0.367 e. The van der Waals surface area contributed by atoms with Crippen LogP contribution in [0.15, 0.2) is 55.2 Å². The number of hydrogen-bond donors (Lipinski definition) is 2. The third kappa shape index (κ3) is 3.90. The third-order valence-electron chi connectivity index (χ3n) is 4.33. The quantitative estimate of drug-likeness (QED) is 0.728. The second-order valence-corrected chi connectivity index (χ2v) is 6.09. The zero-order valence-electron chi connectivity index (χ0n) is 14.7. The number of pyridine rings is 2. The largest absolute Gasteiger partial charge is 0.367 e. The second-order valence-electron chi connectivity index (χ2n) is 6.09. The summed E-state index contributed by atoms with van der Waals surface area (Å²) in [5.74, 6) is -0.282. The first kappa shape index (κ1) is 17.0. The van der Waals surface area contributed by atoms with Crippen LogP contribution in [0.3, 0.4) is 0 Å². The van der Waals surface area contributed by atoms with Crippen molar-refractivity contribution in [1.82, 2.24) is 25.3 Å². The molecule has 0 spiro atoms. The molecule has 0 unspecified atom stereocenters. The molecule has 1 saturated heterocycles. The van der Waals surface area contributed by atoms with Crippen molar-refractivity contribution in [3.63, 3.8) is 0 Å². The van der Waals surface area contributed by atoms with E-state index in [9.17, 15) is 4.79 Å². The number of carbonyl (C=O) groups is 1. The fraction of sp³-hybridized carbons (Fsp3) is 0.211. The number of anilines is 2. The Hall–Kier alpha value is -3.39. The average Bonchev–Trinajstić information content (AvgIpc) is 2.75. The molecule has 1 aliphatic rings. The van der Waals surface area contributed by atoms with E-state index in [-0.39, 0.29) is 5.91 Å². The summed E-state index contributed by atoms with van der Waals surface area (Å²) in [6.07, 6.45) is 6.51. The van der Waals surface area contributed by atoms with Crippen molar-refractivity contribution in [2.75, 3.05) is 36.4 Å². The lowest BCUT2D eigenvalue weighted by molar-refractivity contribution is 0.102. The number of rotatable bonds is 4. The molecule has 4 heterocycles. The Morgan fingerprint density at radius 2 is 1.89 bits per heavy atom. The molecule has 0 saturated carbocycles. The highest BCUT2D eigenvalue weighted by Crippen LogP contribution is 2.25. The minimum atomic E-state index is -0.282. The van der Waals surface area contributed by atoms with Gasteiger partial charge in [0.15, 0.2) is 0 Å². The van der Waals surface area contributed by atoms with Crippen LogP contribution in [0, 0.1) is 0 Å². The maximum absolute atomic E-state index is 12.8. The SMILES string of the molecule is O=C(Nc1cnccc1N1CCNCC1)c1cccc(-c2ccncn2)n1. The maximum Gasteiger partial charge on any atom is 0.274 e. The number of amides is 1. The molecule has 0 atom stereocenters. The van der Waals surface area contributed by atoms with Crippen molar-refractivity contribution in [3.8, 4) is 11.4 Å². The average molecular weight is 361 g/mol. The van der Waals surface area contributed by atoms with Crippen LogP contribution < -0.4 is 15.5 Å². The third-order valence-corrected chi connectivity index (χ3v) is 4.33. The van der Waals surface area contributed by atoms with E-state index in [0.717, 1.165) is 31.9 Å². The van der Waals surface area contributed by atoms with E-state index in [1.807, 2.05) is 12.1 Å². The Kier molecular flexibility index (Phi) is 4.97. The number of hydrogen-bond acceptors (Lipinski definition) is 7. The van der Waals surface area contributed by atoms with Gasteiger partial charge in [-0.15, -0.1) is 0 Å². The Morgan fingerprint density at radius 1 is 1.04 bits per heavy atom. The number of nitrogens with zero attached hydrogens (tertiary/aromatic N) is 5. The van der Waals surface area contributed by atoms with E-state index < -0.39 is 0 Å². The van der Waals surface area contributed by atoms with Crippen LogP contribution in [0.4, 0.5) is 11.4 Å². The van der Waals surface area contributed by atoms with Gasteiger partial charge in [0, 0.05) is 38.6 Å². The molecular weight excluding hydrogens is 342 g/mol. The predicted octanol–water partition coefficient (Wildman–Crippen LogP) is 1.60. The van der Waals surface area contributed by atoms with E-state index >= 15 is 0 Å². The molecule has 0 radical (unpaired) electrons. The first-order valence-electron chi connectivity index (χ1n) is 8.76. The second kappa shape index (κ2) is 7.88. The zero-order chi connectivity index (χ0) is 18.5. The van der Waals surface area contributed by atoms with Crippen molar-refractivity contribution >= 4 is 17.3 Å². The number of nitrogens with one attached hydrogen (secondary N) is 2. The van der Waals surface area contributed by atoms with E-state index in [0.29, 0.717) is 22.8 Å². The fourth-order valence-corrected chi connectivity index (χ4v) is 3.00. The lowest BCUT2D eigenvalue weighted by atomic mass is 10.2. The van der Waals surface area contributed by atoms with Gasteiger partial charge in [0.2, 0.25) is 0 Å². The van der Waals surface area contributed by atoms with Gasteiger partial charge in [-0.25, -0.2) is 15.0 Å². The van der Waals surface area contributed by atoms with Crippen LogP contribution in [0.5, 0.6) is 0 Å². The van der Waals surface area contributed by atoms with Crippen LogP contribution >= 0.6 is 0 Å². The summed E-state index contributed by atoms with van der Waals surface area (Å²) in [4.78, 5) is 31.7. The normalized spacial score (nSPS) is 14.0. The molecule has 2 N–H and O–H groups in total. The fourth-order valence-electron chi connectivity index (χ4n) is 3.00. The smallest absolute Gasteiger partial charge is 0.274 e. The van der Waals surface area contributed by atoms with Gasteiger partial charge in [-0.1, -0.05) is 6.07 Å². The highest BCUT2D eigenvalue weighted by atomic mass is 16.1. The van der Waals surface area contributed by atoms with Crippen LogP contribution in [0.1, 0.15) is 10.5 Å². The van der Waals surface area contributed by atoms with Gasteiger partial charge >= 0.3 is 0 Å². The van der Waals surface area contributed by atoms with Gasteiger partial charge in [0.25, 0.3) is 5.91 Å². The van der Waals surface area contributed by atoms with Crippen LogP contribution in [0.2, 0.25) is 0 Å². The molecule has 0 bridgehead atoms. The minimum absolute atomic E-state index is 0.282. The summed E-state index contributed by atoms with van der Waals surface area (Å²) < 4.78 is 0. The lowest BCUT2D eigenvalue weighted by Gasteiger charge is -2.30. The summed E-state index contributed by atoms with van der Waals surface area (Å²) in [5, 5.41) is 6.27. The van der Waals surface area contributed by atoms with E-state index in [4.69, 9.17) is 0 Å². The molecular formula is C19H19N7O. The van der Waals surface area contributed by atoms with E-state index in [2.05, 4.69) is 35.5 Å². The van der Waals surface area contributed by atoms with Gasteiger partial charge in [-0.3, -0.25) is 9.78 Å². The zero-order valence-corrected chi connectivity index (χ0v) is 14.7. The van der Waals surface area contributed by atoms with Crippen molar-refractivity contribution < 1.29 is 4.79 Å². The standard InChI is InChI=1S/C19H19N7O/c27-19(16-3-1-2-15(24-16)14-4-6-22-13-23-14)25-17-12-21-7-5-18(17)26-10-8-20-9-11-26/h1-7,12-13,20H,8-11H2,(H,25,27). The topological polar surface area (TPSA) is 95.9 Å². The summed E-state index contributed by atoms with van der Waals surface area (Å²) in [7, 11) is 0. The van der Waals surface area contributed by atoms with Crippen LogP contribution in [-0.4, -0.2) is 52.0 Å².